The summed E-state index contributed by atoms with van der Waals surface area (Å²) < 4.78 is 7.95. The third-order valence-electron chi connectivity index (χ3n) is 4.16. The molecule has 1 unspecified atom stereocenters. The molecule has 1 fully saturated rings. The fourth-order valence-corrected chi connectivity index (χ4v) is 3.29. The molecule has 1 aliphatic rings. The molecule has 0 spiro atoms. The fourth-order valence-electron chi connectivity index (χ4n) is 3.29. The average Bonchev–Trinajstić information content (AvgIpc) is 2.72. The zero-order chi connectivity index (χ0) is 15.2. The van der Waals surface area contributed by atoms with Crippen molar-refractivity contribution in [3.8, 4) is 0 Å². The van der Waals surface area contributed by atoms with Gasteiger partial charge in [0.2, 0.25) is 0 Å². The van der Waals surface area contributed by atoms with Gasteiger partial charge in [-0.25, -0.2) is 9.78 Å². The van der Waals surface area contributed by atoms with Crippen molar-refractivity contribution < 1.29 is 14.6 Å². The average molecular weight is 288 g/mol. The van der Waals surface area contributed by atoms with Crippen molar-refractivity contribution in [2.24, 2.45) is 0 Å². The van der Waals surface area contributed by atoms with Gasteiger partial charge in [-0.2, -0.15) is 0 Å². The van der Waals surface area contributed by atoms with E-state index in [0.717, 1.165) is 30.8 Å². The van der Waals surface area contributed by atoms with Gasteiger partial charge in [-0.1, -0.05) is 6.07 Å². The quantitative estimate of drug-likeness (QED) is 0.921. The molecular formula is C16H20N2O3. The van der Waals surface area contributed by atoms with Crippen LogP contribution in [-0.4, -0.2) is 32.8 Å². The molecule has 0 amide bonds. The molecule has 2 heterocycles. The summed E-state index contributed by atoms with van der Waals surface area (Å²) in [4.78, 5) is 15.8. The van der Waals surface area contributed by atoms with Gasteiger partial charge in [-0.3, -0.25) is 0 Å². The van der Waals surface area contributed by atoms with Crippen LogP contribution in [0, 0.1) is 6.92 Å². The Bertz CT molecular complexity index is 703. The van der Waals surface area contributed by atoms with Gasteiger partial charge in [0, 0.05) is 12.6 Å². The summed E-state index contributed by atoms with van der Waals surface area (Å²) in [5.41, 5.74) is 1.58. The molecule has 21 heavy (non-hydrogen) atoms. The van der Waals surface area contributed by atoms with E-state index in [0.29, 0.717) is 11.6 Å². The molecule has 112 valence electrons. The highest BCUT2D eigenvalue weighted by Gasteiger charge is 2.31. The lowest BCUT2D eigenvalue weighted by atomic mass is 9.93. The maximum absolute atomic E-state index is 11.3. The number of imidazole rings is 1. The predicted octanol–water partition coefficient (Wildman–Crippen LogP) is 3.17. The van der Waals surface area contributed by atoms with Crippen molar-refractivity contribution in [2.45, 2.75) is 45.3 Å². The predicted molar refractivity (Wildman–Crippen MR) is 79.7 cm³/mol. The van der Waals surface area contributed by atoms with Gasteiger partial charge in [-0.05, 0) is 45.7 Å². The van der Waals surface area contributed by atoms with Crippen molar-refractivity contribution in [3.05, 3.63) is 29.6 Å². The first-order valence-corrected chi connectivity index (χ1v) is 7.24. The molecule has 1 atom stereocenters. The summed E-state index contributed by atoms with van der Waals surface area (Å²) in [6.45, 7) is 6.84. The number of fused-ring (bicyclic) bond motifs is 1. The van der Waals surface area contributed by atoms with Gasteiger partial charge >= 0.3 is 5.97 Å². The van der Waals surface area contributed by atoms with E-state index < -0.39 is 5.97 Å². The molecule has 5 heteroatoms. The highest BCUT2D eigenvalue weighted by molar-refractivity contribution is 6.01. The molecule has 1 aromatic carbocycles. The Kier molecular flexibility index (Phi) is 3.24. The normalized spacial score (nSPS) is 21.6. The number of aromatic nitrogens is 2. The highest BCUT2D eigenvalue weighted by atomic mass is 16.5. The van der Waals surface area contributed by atoms with Gasteiger partial charge < -0.3 is 14.4 Å². The summed E-state index contributed by atoms with van der Waals surface area (Å²) in [5, 5.41) is 9.31. The maximum Gasteiger partial charge on any atom is 0.337 e. The van der Waals surface area contributed by atoms with E-state index >= 15 is 0 Å². The Morgan fingerprint density at radius 1 is 1.48 bits per heavy atom. The topological polar surface area (TPSA) is 64.3 Å². The Balaban J connectivity index is 2.13. The highest BCUT2D eigenvalue weighted by Crippen LogP contribution is 2.35. The minimum atomic E-state index is -0.933. The molecule has 0 saturated carbocycles. The van der Waals surface area contributed by atoms with Gasteiger partial charge in [0.1, 0.15) is 11.3 Å². The Labute approximate surface area is 123 Å². The van der Waals surface area contributed by atoms with Crippen LogP contribution in [0.3, 0.4) is 0 Å². The smallest absolute Gasteiger partial charge is 0.337 e. The number of nitrogens with zero attached hydrogens (tertiary/aromatic N) is 2. The molecule has 3 rings (SSSR count). The number of aryl methyl sites for hydroxylation is 1. The summed E-state index contributed by atoms with van der Waals surface area (Å²) in [7, 11) is 0. The lowest BCUT2D eigenvalue weighted by Crippen LogP contribution is -2.35. The molecule has 0 aliphatic carbocycles. The fraction of sp³-hybridized carbons (Fsp3) is 0.500. The van der Waals surface area contributed by atoms with Gasteiger partial charge in [-0.15, -0.1) is 0 Å². The van der Waals surface area contributed by atoms with Crippen LogP contribution in [0.2, 0.25) is 0 Å². The number of hydrogen-bond donors (Lipinski definition) is 1. The van der Waals surface area contributed by atoms with Crippen molar-refractivity contribution in [1.82, 2.24) is 9.55 Å². The molecular weight excluding hydrogens is 268 g/mol. The van der Waals surface area contributed by atoms with E-state index in [2.05, 4.69) is 23.4 Å². The van der Waals surface area contributed by atoms with Crippen LogP contribution in [0.5, 0.6) is 0 Å². The summed E-state index contributed by atoms with van der Waals surface area (Å²) in [5.74, 6) is -0.0704. The second-order valence-corrected chi connectivity index (χ2v) is 6.26. The summed E-state index contributed by atoms with van der Waals surface area (Å²) >= 11 is 0. The largest absolute Gasteiger partial charge is 0.478 e. The maximum atomic E-state index is 11.3. The lowest BCUT2D eigenvalue weighted by molar-refractivity contribution is -0.0687. The lowest BCUT2D eigenvalue weighted by Gasteiger charge is -2.36. The molecule has 2 aromatic rings. The number of carbonyl (C=O) groups is 1. The van der Waals surface area contributed by atoms with Crippen LogP contribution in [0.4, 0.5) is 0 Å². The zero-order valence-electron chi connectivity index (χ0n) is 12.6. The van der Waals surface area contributed by atoms with E-state index in [-0.39, 0.29) is 11.2 Å². The molecule has 0 radical (unpaired) electrons. The second-order valence-electron chi connectivity index (χ2n) is 6.26. The standard InChI is InChI=1S/C16H20N2O3/c1-10-17-14-12(15(19)20)5-4-6-13(14)18(10)11-7-8-21-16(2,3)9-11/h4-6,11H,7-9H2,1-3H3,(H,19,20). The number of carboxylic acids is 1. The molecule has 1 saturated heterocycles. The van der Waals surface area contributed by atoms with E-state index in [1.54, 1.807) is 12.1 Å². The molecule has 5 nitrogen and oxygen atoms in total. The minimum absolute atomic E-state index is 0.156. The van der Waals surface area contributed by atoms with Gasteiger partial charge in [0.05, 0.1) is 16.7 Å². The first kappa shape index (κ1) is 14.1. The molecule has 1 aromatic heterocycles. The number of benzene rings is 1. The monoisotopic (exact) mass is 288 g/mol. The van der Waals surface area contributed by atoms with E-state index in [9.17, 15) is 9.90 Å². The van der Waals surface area contributed by atoms with Crippen LogP contribution in [-0.2, 0) is 4.74 Å². The molecule has 1 aliphatic heterocycles. The number of carboxylic acid groups (broad SMARTS) is 1. The first-order valence-electron chi connectivity index (χ1n) is 7.24. The van der Waals surface area contributed by atoms with Crippen LogP contribution in [0.15, 0.2) is 18.2 Å². The zero-order valence-corrected chi connectivity index (χ0v) is 12.6. The van der Waals surface area contributed by atoms with Gasteiger partial charge in [0.15, 0.2) is 0 Å². The summed E-state index contributed by atoms with van der Waals surface area (Å²) in [6, 6.07) is 5.64. The van der Waals surface area contributed by atoms with E-state index in [1.165, 1.54) is 0 Å². The SMILES string of the molecule is Cc1nc2c(C(=O)O)cccc2n1C1CCOC(C)(C)C1. The van der Waals surface area contributed by atoms with Crippen molar-refractivity contribution >= 4 is 17.0 Å². The third kappa shape index (κ3) is 2.42. The number of aromatic carboxylic acids is 1. The Morgan fingerprint density at radius 2 is 2.24 bits per heavy atom. The van der Waals surface area contributed by atoms with Crippen LogP contribution in [0.25, 0.3) is 11.0 Å². The first-order chi connectivity index (χ1) is 9.89. The van der Waals surface area contributed by atoms with Crippen molar-refractivity contribution in [3.63, 3.8) is 0 Å². The third-order valence-corrected chi connectivity index (χ3v) is 4.16. The minimum Gasteiger partial charge on any atom is -0.478 e. The van der Waals surface area contributed by atoms with Crippen molar-refractivity contribution in [1.29, 1.82) is 0 Å². The van der Waals surface area contributed by atoms with Gasteiger partial charge in [0.25, 0.3) is 0 Å². The Morgan fingerprint density at radius 3 is 2.90 bits per heavy atom. The molecule has 1 N–H and O–H groups in total. The number of ether oxygens (including phenoxy) is 1. The van der Waals surface area contributed by atoms with Crippen LogP contribution in [0.1, 0.15) is 48.9 Å². The number of para-hydroxylation sites is 1. The molecule has 0 bridgehead atoms. The van der Waals surface area contributed by atoms with E-state index in [1.807, 2.05) is 13.0 Å². The number of hydrogen-bond acceptors (Lipinski definition) is 3. The van der Waals surface area contributed by atoms with Crippen LogP contribution >= 0.6 is 0 Å². The van der Waals surface area contributed by atoms with E-state index in [4.69, 9.17) is 4.74 Å². The van der Waals surface area contributed by atoms with Crippen LogP contribution < -0.4 is 0 Å². The number of rotatable bonds is 2. The van der Waals surface area contributed by atoms with Crippen molar-refractivity contribution in [2.75, 3.05) is 6.61 Å². The second kappa shape index (κ2) is 4.84. The Hall–Kier alpha value is -1.88. The summed E-state index contributed by atoms with van der Waals surface area (Å²) in [6.07, 6.45) is 1.82.